The summed E-state index contributed by atoms with van der Waals surface area (Å²) < 4.78 is 9.19. The molecule has 5 aromatic carbocycles. The summed E-state index contributed by atoms with van der Waals surface area (Å²) in [7, 11) is 0. The zero-order valence-corrected chi connectivity index (χ0v) is 23.5. The number of hydrogen-bond donors (Lipinski definition) is 0. The minimum Gasteiger partial charge on any atom is -0.308 e. The molecule has 0 amide bonds. The molecular formula is C35H18N2S3. The monoisotopic (exact) mass is 562 g/mol. The Balaban J connectivity index is 1.50. The maximum absolute atomic E-state index is 4.83. The number of benzene rings is 5. The minimum absolute atomic E-state index is 1.10. The van der Waals surface area contributed by atoms with Crippen molar-refractivity contribution < 1.29 is 0 Å². The van der Waals surface area contributed by atoms with Gasteiger partial charge in [0.25, 0.3) is 0 Å². The Morgan fingerprint density at radius 1 is 0.500 bits per heavy atom. The second-order valence-corrected chi connectivity index (χ2v) is 13.5. The number of thiophene rings is 3. The average Bonchev–Trinajstić information content (AvgIpc) is 3.75. The highest BCUT2D eigenvalue weighted by Gasteiger charge is 2.24. The lowest BCUT2D eigenvalue weighted by Crippen LogP contribution is -1.93. The van der Waals surface area contributed by atoms with E-state index >= 15 is 0 Å². The third-order valence-corrected chi connectivity index (χ3v) is 11.7. The number of para-hydroxylation sites is 1. The first-order valence-electron chi connectivity index (χ1n) is 13.3. The quantitative estimate of drug-likeness (QED) is 0.195. The highest BCUT2D eigenvalue weighted by atomic mass is 32.1. The van der Waals surface area contributed by atoms with Crippen LogP contribution in [-0.4, -0.2) is 9.55 Å². The summed E-state index contributed by atoms with van der Waals surface area (Å²) in [6.07, 6.45) is 1.92. The molecule has 0 fully saturated rings. The first kappa shape index (κ1) is 21.5. The topological polar surface area (TPSA) is 17.8 Å². The van der Waals surface area contributed by atoms with Gasteiger partial charge >= 0.3 is 0 Å². The smallest absolute Gasteiger partial charge is 0.124 e. The molecule has 10 rings (SSSR count). The van der Waals surface area contributed by atoms with Crippen LogP contribution in [0, 0.1) is 0 Å². The van der Waals surface area contributed by atoms with Crippen molar-refractivity contribution in [3.8, 4) is 5.69 Å². The van der Waals surface area contributed by atoms with Crippen LogP contribution in [0.5, 0.6) is 0 Å². The minimum atomic E-state index is 1.10. The first-order valence-corrected chi connectivity index (χ1v) is 15.8. The summed E-state index contributed by atoms with van der Waals surface area (Å²) in [5.74, 6) is 0. The molecule has 0 N–H and O–H groups in total. The lowest BCUT2D eigenvalue weighted by atomic mass is 10.0. The molecule has 2 nitrogen and oxygen atoms in total. The molecule has 0 unspecified atom stereocenters. The standard InChI is InChI=1S/C35H18N2S3/c1-4-12-25-21(9-1)29-30-22-10-3-6-14-27(22)39-33(30)31-23-11-7-17-36-35(23)40-34(31)32(29)37(25)19-15-16-28-24(18-19)20-8-2-5-13-26(20)38-28/h1-18H. The van der Waals surface area contributed by atoms with Gasteiger partial charge in [0.1, 0.15) is 4.83 Å². The Hall–Kier alpha value is -4.29. The van der Waals surface area contributed by atoms with Gasteiger partial charge < -0.3 is 4.57 Å². The number of hydrogen-bond acceptors (Lipinski definition) is 4. The summed E-state index contributed by atoms with van der Waals surface area (Å²) in [5.41, 5.74) is 3.73. The molecule has 0 aliphatic rings. The van der Waals surface area contributed by atoms with E-state index in [1.165, 1.54) is 83.3 Å². The van der Waals surface area contributed by atoms with E-state index in [1.807, 2.05) is 40.2 Å². The second-order valence-electron chi connectivity index (χ2n) is 10.3. The lowest BCUT2D eigenvalue weighted by Gasteiger charge is -2.10. The lowest BCUT2D eigenvalue weighted by molar-refractivity contribution is 1.20. The normalized spacial score (nSPS) is 12.5. The van der Waals surface area contributed by atoms with Crippen molar-refractivity contribution in [1.82, 2.24) is 9.55 Å². The Bertz CT molecular complexity index is 2660. The number of pyridine rings is 1. The molecule has 0 saturated carbocycles. The summed E-state index contributed by atoms with van der Waals surface area (Å²) in [6.45, 7) is 0. The molecule has 10 aromatic rings. The third kappa shape index (κ3) is 2.65. The molecule has 0 atom stereocenters. The van der Waals surface area contributed by atoms with Crippen molar-refractivity contribution in [3.05, 3.63) is 109 Å². The third-order valence-electron chi connectivity index (χ3n) is 8.25. The van der Waals surface area contributed by atoms with Crippen LogP contribution in [-0.2, 0) is 0 Å². The predicted octanol–water partition coefficient (Wildman–Crippen LogP) is 11.3. The van der Waals surface area contributed by atoms with Crippen LogP contribution in [0.3, 0.4) is 0 Å². The van der Waals surface area contributed by atoms with Gasteiger partial charge in [0.05, 0.1) is 15.7 Å². The molecule has 0 aliphatic heterocycles. The maximum atomic E-state index is 4.83. The van der Waals surface area contributed by atoms with Gasteiger partial charge in [0, 0.05) is 73.8 Å². The van der Waals surface area contributed by atoms with E-state index < -0.39 is 0 Å². The average molecular weight is 563 g/mol. The van der Waals surface area contributed by atoms with Crippen molar-refractivity contribution in [2.75, 3.05) is 0 Å². The Labute approximate surface area is 240 Å². The molecule has 0 spiro atoms. The van der Waals surface area contributed by atoms with Gasteiger partial charge in [0.2, 0.25) is 0 Å². The van der Waals surface area contributed by atoms with Gasteiger partial charge in [0.15, 0.2) is 0 Å². The van der Waals surface area contributed by atoms with Gasteiger partial charge in [-0.05, 0) is 48.5 Å². The van der Waals surface area contributed by atoms with E-state index in [-0.39, 0.29) is 0 Å². The number of aromatic nitrogens is 2. The van der Waals surface area contributed by atoms with Crippen molar-refractivity contribution in [1.29, 1.82) is 0 Å². The Kier molecular flexibility index (Phi) is 4.13. The molecule has 5 aromatic heterocycles. The molecule has 5 heterocycles. The molecule has 0 saturated heterocycles. The molecular weight excluding hydrogens is 545 g/mol. The Morgan fingerprint density at radius 2 is 1.23 bits per heavy atom. The van der Waals surface area contributed by atoms with Crippen molar-refractivity contribution in [3.63, 3.8) is 0 Å². The maximum Gasteiger partial charge on any atom is 0.124 e. The molecule has 0 radical (unpaired) electrons. The summed E-state index contributed by atoms with van der Waals surface area (Å²) in [5, 5.41) is 10.6. The first-order chi connectivity index (χ1) is 19.8. The number of rotatable bonds is 1. The van der Waals surface area contributed by atoms with Gasteiger partial charge in [-0.2, -0.15) is 0 Å². The van der Waals surface area contributed by atoms with Crippen LogP contribution in [0.4, 0.5) is 0 Å². The zero-order valence-electron chi connectivity index (χ0n) is 21.0. The van der Waals surface area contributed by atoms with E-state index in [0.717, 1.165) is 4.83 Å². The van der Waals surface area contributed by atoms with E-state index in [1.54, 1.807) is 0 Å². The molecule has 40 heavy (non-hydrogen) atoms. The van der Waals surface area contributed by atoms with Crippen LogP contribution in [0.2, 0.25) is 0 Å². The predicted molar refractivity (Wildman–Crippen MR) is 177 cm³/mol. The highest BCUT2D eigenvalue weighted by molar-refractivity contribution is 7.30. The fraction of sp³-hybridized carbons (Fsp3) is 0. The van der Waals surface area contributed by atoms with Gasteiger partial charge in [-0.1, -0.05) is 54.6 Å². The van der Waals surface area contributed by atoms with E-state index in [4.69, 9.17) is 4.98 Å². The van der Waals surface area contributed by atoms with Crippen LogP contribution < -0.4 is 0 Å². The van der Waals surface area contributed by atoms with Crippen LogP contribution >= 0.6 is 34.0 Å². The fourth-order valence-corrected chi connectivity index (χ4v) is 10.2. The SMILES string of the molecule is c1ccc2c(c1)sc1ccc(-n3c4ccccc4c4c5c6ccccc6sc5c5c6cccnc6sc5c43)cc12. The van der Waals surface area contributed by atoms with Crippen molar-refractivity contribution in [2.24, 2.45) is 0 Å². The van der Waals surface area contributed by atoms with Gasteiger partial charge in [-0.25, -0.2) is 4.98 Å². The van der Waals surface area contributed by atoms with Gasteiger partial charge in [-0.3, -0.25) is 0 Å². The van der Waals surface area contributed by atoms with Crippen LogP contribution in [0.15, 0.2) is 109 Å². The molecule has 0 bridgehead atoms. The second kappa shape index (κ2) is 7.67. The number of nitrogens with zero attached hydrogens (tertiary/aromatic N) is 2. The highest BCUT2D eigenvalue weighted by Crippen LogP contribution is 2.51. The largest absolute Gasteiger partial charge is 0.308 e. The van der Waals surface area contributed by atoms with Crippen molar-refractivity contribution in [2.45, 2.75) is 0 Å². The summed E-state index contributed by atoms with van der Waals surface area (Å²) in [6, 6.07) is 37.9. The van der Waals surface area contributed by atoms with Gasteiger partial charge in [-0.15, -0.1) is 34.0 Å². The van der Waals surface area contributed by atoms with E-state index in [0.29, 0.717) is 0 Å². The van der Waals surface area contributed by atoms with Crippen LogP contribution in [0.25, 0.3) is 88.1 Å². The molecule has 186 valence electrons. The van der Waals surface area contributed by atoms with Crippen molar-refractivity contribution >= 4 is 116 Å². The van der Waals surface area contributed by atoms with Crippen LogP contribution in [0.1, 0.15) is 0 Å². The summed E-state index contributed by atoms with van der Waals surface area (Å²) in [4.78, 5) is 5.92. The van der Waals surface area contributed by atoms with E-state index in [9.17, 15) is 0 Å². The molecule has 0 aliphatic carbocycles. The Morgan fingerprint density at radius 3 is 2.12 bits per heavy atom. The fourth-order valence-electron chi connectivity index (χ4n) is 6.62. The van der Waals surface area contributed by atoms with E-state index in [2.05, 4.69) is 108 Å². The summed E-state index contributed by atoms with van der Waals surface area (Å²) >= 11 is 5.61. The zero-order chi connectivity index (χ0) is 25.9. The molecule has 5 heteroatoms. The number of fused-ring (bicyclic) bond motifs is 15.